The molecule has 2 heterocycles. The standard InChI is InChI=1S/C16H21NO2/c1-2-19-15-7-3-11(4-8-15)16(18)12-9-13-5-6-14(10-12)17-13/h3-4,7-8,12-14,17H,2,5-6,9-10H2,1H3. The number of ether oxygens (including phenoxy) is 1. The summed E-state index contributed by atoms with van der Waals surface area (Å²) < 4.78 is 5.41. The summed E-state index contributed by atoms with van der Waals surface area (Å²) in [4.78, 5) is 12.5. The van der Waals surface area contributed by atoms with Gasteiger partial charge in [-0.05, 0) is 56.9 Å². The van der Waals surface area contributed by atoms with Crippen molar-refractivity contribution in [2.45, 2.75) is 44.7 Å². The van der Waals surface area contributed by atoms with Crippen LogP contribution >= 0.6 is 0 Å². The maximum Gasteiger partial charge on any atom is 0.166 e. The van der Waals surface area contributed by atoms with Gasteiger partial charge in [0.2, 0.25) is 0 Å². The van der Waals surface area contributed by atoms with E-state index in [1.165, 1.54) is 12.8 Å². The first-order chi connectivity index (χ1) is 9.26. The van der Waals surface area contributed by atoms with Crippen LogP contribution in [0.25, 0.3) is 0 Å². The number of carbonyl (C=O) groups is 1. The molecule has 0 radical (unpaired) electrons. The molecule has 0 amide bonds. The van der Waals surface area contributed by atoms with Crippen LogP contribution in [-0.2, 0) is 0 Å². The number of rotatable bonds is 4. The Balaban J connectivity index is 1.69. The molecular weight excluding hydrogens is 238 g/mol. The lowest BCUT2D eigenvalue weighted by Gasteiger charge is -2.28. The Labute approximate surface area is 114 Å². The third-order valence-corrected chi connectivity index (χ3v) is 4.29. The molecule has 0 spiro atoms. The average Bonchev–Trinajstić information content (AvgIpc) is 2.78. The minimum Gasteiger partial charge on any atom is -0.494 e. The predicted octanol–water partition coefficient (Wildman–Crippen LogP) is 2.80. The Morgan fingerprint density at radius 3 is 2.42 bits per heavy atom. The highest BCUT2D eigenvalue weighted by molar-refractivity contribution is 5.98. The number of ketones is 1. The highest BCUT2D eigenvalue weighted by Crippen LogP contribution is 2.33. The van der Waals surface area contributed by atoms with Crippen molar-refractivity contribution in [2.24, 2.45) is 5.92 Å². The van der Waals surface area contributed by atoms with Gasteiger partial charge in [-0.3, -0.25) is 4.79 Å². The molecule has 1 N–H and O–H groups in total. The van der Waals surface area contributed by atoms with Crippen LogP contribution in [-0.4, -0.2) is 24.5 Å². The van der Waals surface area contributed by atoms with Crippen molar-refractivity contribution in [1.82, 2.24) is 5.32 Å². The number of fused-ring (bicyclic) bond motifs is 2. The van der Waals surface area contributed by atoms with Gasteiger partial charge in [0, 0.05) is 23.6 Å². The Bertz CT molecular complexity index is 442. The molecule has 2 atom stereocenters. The first-order valence-corrected chi connectivity index (χ1v) is 7.29. The fourth-order valence-electron chi connectivity index (χ4n) is 3.39. The van der Waals surface area contributed by atoms with Crippen molar-refractivity contribution in [2.75, 3.05) is 6.61 Å². The van der Waals surface area contributed by atoms with Crippen molar-refractivity contribution < 1.29 is 9.53 Å². The van der Waals surface area contributed by atoms with Gasteiger partial charge < -0.3 is 10.1 Å². The Morgan fingerprint density at radius 1 is 1.21 bits per heavy atom. The number of benzene rings is 1. The van der Waals surface area contributed by atoms with E-state index < -0.39 is 0 Å². The van der Waals surface area contributed by atoms with E-state index in [0.29, 0.717) is 24.5 Å². The van der Waals surface area contributed by atoms with Crippen molar-refractivity contribution >= 4 is 5.78 Å². The van der Waals surface area contributed by atoms with Crippen LogP contribution in [0, 0.1) is 5.92 Å². The smallest absolute Gasteiger partial charge is 0.166 e. The normalized spacial score (nSPS) is 29.2. The van der Waals surface area contributed by atoms with Gasteiger partial charge in [-0.15, -0.1) is 0 Å². The van der Waals surface area contributed by atoms with Gasteiger partial charge >= 0.3 is 0 Å². The molecule has 0 aliphatic carbocycles. The number of hydrogen-bond donors (Lipinski definition) is 1. The topological polar surface area (TPSA) is 38.3 Å². The van der Waals surface area contributed by atoms with Crippen molar-refractivity contribution in [1.29, 1.82) is 0 Å². The van der Waals surface area contributed by atoms with Crippen LogP contribution in [0.3, 0.4) is 0 Å². The molecule has 2 aliphatic rings. The quantitative estimate of drug-likeness (QED) is 0.845. The highest BCUT2D eigenvalue weighted by atomic mass is 16.5. The van der Waals surface area contributed by atoms with E-state index in [1.54, 1.807) is 0 Å². The monoisotopic (exact) mass is 259 g/mol. The molecule has 2 aliphatic heterocycles. The molecule has 0 saturated carbocycles. The summed E-state index contributed by atoms with van der Waals surface area (Å²) >= 11 is 0. The lowest BCUT2D eigenvalue weighted by Crippen LogP contribution is -2.40. The lowest BCUT2D eigenvalue weighted by molar-refractivity contribution is 0.0875. The molecule has 3 nitrogen and oxygen atoms in total. The number of piperidine rings is 1. The zero-order valence-corrected chi connectivity index (χ0v) is 11.4. The van der Waals surface area contributed by atoms with Crippen LogP contribution in [0.4, 0.5) is 0 Å². The maximum atomic E-state index is 12.5. The van der Waals surface area contributed by atoms with E-state index >= 15 is 0 Å². The molecule has 102 valence electrons. The fourth-order valence-corrected chi connectivity index (χ4v) is 3.39. The molecule has 2 bridgehead atoms. The van der Waals surface area contributed by atoms with Crippen molar-refractivity contribution in [3.8, 4) is 5.75 Å². The largest absolute Gasteiger partial charge is 0.494 e. The van der Waals surface area contributed by atoms with Crippen LogP contribution in [0.2, 0.25) is 0 Å². The molecule has 2 saturated heterocycles. The SMILES string of the molecule is CCOc1ccc(C(=O)C2CC3CCC(C2)N3)cc1. The van der Waals surface area contributed by atoms with E-state index in [4.69, 9.17) is 4.74 Å². The minimum atomic E-state index is 0.205. The summed E-state index contributed by atoms with van der Waals surface area (Å²) in [7, 11) is 0. The second kappa shape index (κ2) is 5.33. The number of carbonyl (C=O) groups excluding carboxylic acids is 1. The van der Waals surface area contributed by atoms with Gasteiger partial charge in [0.15, 0.2) is 5.78 Å². The summed E-state index contributed by atoms with van der Waals surface area (Å²) in [6.45, 7) is 2.62. The van der Waals surface area contributed by atoms with Gasteiger partial charge in [0.1, 0.15) is 5.75 Å². The van der Waals surface area contributed by atoms with Crippen molar-refractivity contribution in [3.05, 3.63) is 29.8 Å². The molecule has 1 aromatic carbocycles. The van der Waals surface area contributed by atoms with Crippen molar-refractivity contribution in [3.63, 3.8) is 0 Å². The summed E-state index contributed by atoms with van der Waals surface area (Å²) in [6.07, 6.45) is 4.47. The molecule has 0 aromatic heterocycles. The summed E-state index contributed by atoms with van der Waals surface area (Å²) in [5, 5.41) is 3.58. The van der Waals surface area contributed by atoms with Gasteiger partial charge in [-0.2, -0.15) is 0 Å². The average molecular weight is 259 g/mol. The van der Waals surface area contributed by atoms with Crippen LogP contribution in [0.5, 0.6) is 5.75 Å². The first-order valence-electron chi connectivity index (χ1n) is 7.29. The molecule has 2 unspecified atom stereocenters. The van der Waals surface area contributed by atoms with E-state index in [9.17, 15) is 4.79 Å². The molecular formula is C16H21NO2. The van der Waals surface area contributed by atoms with E-state index in [1.807, 2.05) is 31.2 Å². The predicted molar refractivity (Wildman–Crippen MR) is 74.6 cm³/mol. The minimum absolute atomic E-state index is 0.205. The second-order valence-corrected chi connectivity index (χ2v) is 5.63. The molecule has 19 heavy (non-hydrogen) atoms. The zero-order valence-electron chi connectivity index (χ0n) is 11.4. The molecule has 3 heteroatoms. The number of nitrogens with one attached hydrogen (secondary N) is 1. The zero-order chi connectivity index (χ0) is 13.2. The van der Waals surface area contributed by atoms with Gasteiger partial charge in [-0.25, -0.2) is 0 Å². The lowest BCUT2D eigenvalue weighted by atomic mass is 9.86. The van der Waals surface area contributed by atoms with E-state index in [0.717, 1.165) is 24.2 Å². The van der Waals surface area contributed by atoms with Crippen LogP contribution < -0.4 is 10.1 Å². The maximum absolute atomic E-state index is 12.5. The highest BCUT2D eigenvalue weighted by Gasteiger charge is 2.36. The van der Waals surface area contributed by atoms with E-state index in [-0.39, 0.29) is 5.92 Å². The molecule has 3 rings (SSSR count). The molecule has 2 fully saturated rings. The van der Waals surface area contributed by atoms with Crippen LogP contribution in [0.15, 0.2) is 24.3 Å². The molecule has 1 aromatic rings. The van der Waals surface area contributed by atoms with Gasteiger partial charge in [0.05, 0.1) is 6.61 Å². The third kappa shape index (κ3) is 2.66. The van der Waals surface area contributed by atoms with E-state index in [2.05, 4.69) is 5.32 Å². The third-order valence-electron chi connectivity index (χ3n) is 4.29. The fraction of sp³-hybridized carbons (Fsp3) is 0.562. The summed E-state index contributed by atoms with van der Waals surface area (Å²) in [6, 6.07) is 8.72. The second-order valence-electron chi connectivity index (χ2n) is 5.63. The van der Waals surface area contributed by atoms with Gasteiger partial charge in [-0.1, -0.05) is 0 Å². The number of hydrogen-bond acceptors (Lipinski definition) is 3. The summed E-state index contributed by atoms with van der Waals surface area (Å²) in [5.74, 6) is 1.35. The Morgan fingerprint density at radius 2 is 1.84 bits per heavy atom. The first kappa shape index (κ1) is 12.7. The van der Waals surface area contributed by atoms with Crippen LogP contribution in [0.1, 0.15) is 43.0 Å². The summed E-state index contributed by atoms with van der Waals surface area (Å²) in [5.41, 5.74) is 0.828. The Hall–Kier alpha value is -1.35. The number of Topliss-reactive ketones (excluding diaryl/α,β-unsaturated/α-hetero) is 1. The van der Waals surface area contributed by atoms with Gasteiger partial charge in [0.25, 0.3) is 0 Å². The Kier molecular flexibility index (Phi) is 3.56.